The number of carbonyl (C=O) groups is 2. The molecule has 0 saturated carbocycles. The Hall–Kier alpha value is -2.87. The minimum atomic E-state index is -4.00. The SMILES string of the molecule is COc1ccccc1CN(C)C(=O)CN1C(=O)c2ccccc2S1(=O)=O. The van der Waals surface area contributed by atoms with Crippen LogP contribution in [0.1, 0.15) is 15.9 Å². The summed E-state index contributed by atoms with van der Waals surface area (Å²) in [7, 11) is -0.912. The average molecular weight is 374 g/mol. The molecular formula is C18H18N2O5S. The molecule has 7 nitrogen and oxygen atoms in total. The lowest BCUT2D eigenvalue weighted by atomic mass is 10.2. The lowest BCUT2D eigenvalue weighted by molar-refractivity contribution is -0.130. The van der Waals surface area contributed by atoms with Crippen LogP contribution in [-0.2, 0) is 21.4 Å². The van der Waals surface area contributed by atoms with Gasteiger partial charge in [-0.3, -0.25) is 9.59 Å². The molecule has 0 bridgehead atoms. The van der Waals surface area contributed by atoms with Crippen LogP contribution >= 0.6 is 0 Å². The third kappa shape index (κ3) is 3.03. The van der Waals surface area contributed by atoms with Gasteiger partial charge in [0.25, 0.3) is 15.9 Å². The Morgan fingerprint density at radius 1 is 1.12 bits per heavy atom. The van der Waals surface area contributed by atoms with Crippen LogP contribution in [-0.4, -0.2) is 50.1 Å². The zero-order chi connectivity index (χ0) is 18.9. The molecule has 0 radical (unpaired) electrons. The monoisotopic (exact) mass is 374 g/mol. The zero-order valence-corrected chi connectivity index (χ0v) is 15.2. The highest BCUT2D eigenvalue weighted by atomic mass is 32.2. The van der Waals surface area contributed by atoms with Gasteiger partial charge in [-0.25, -0.2) is 12.7 Å². The number of carbonyl (C=O) groups excluding carboxylic acids is 2. The molecule has 8 heteroatoms. The highest BCUT2D eigenvalue weighted by Gasteiger charge is 2.42. The maximum Gasteiger partial charge on any atom is 0.269 e. The summed E-state index contributed by atoms with van der Waals surface area (Å²) in [5.41, 5.74) is 0.873. The van der Waals surface area contributed by atoms with Crippen LogP contribution in [0.25, 0.3) is 0 Å². The number of para-hydroxylation sites is 1. The van der Waals surface area contributed by atoms with Crippen molar-refractivity contribution in [2.75, 3.05) is 20.7 Å². The highest BCUT2D eigenvalue weighted by molar-refractivity contribution is 7.90. The summed E-state index contributed by atoms with van der Waals surface area (Å²) < 4.78 is 30.9. The van der Waals surface area contributed by atoms with Crippen LogP contribution in [0.3, 0.4) is 0 Å². The molecule has 2 aromatic carbocycles. The summed E-state index contributed by atoms with van der Waals surface area (Å²) in [6, 6.07) is 13.2. The second-order valence-electron chi connectivity index (χ2n) is 5.87. The molecule has 0 fully saturated rings. The van der Waals surface area contributed by atoms with Crippen molar-refractivity contribution in [2.45, 2.75) is 11.4 Å². The van der Waals surface area contributed by atoms with E-state index in [0.717, 1.165) is 5.56 Å². The topological polar surface area (TPSA) is 84.0 Å². The van der Waals surface area contributed by atoms with Gasteiger partial charge in [-0.2, -0.15) is 0 Å². The Labute approximate surface area is 151 Å². The highest BCUT2D eigenvalue weighted by Crippen LogP contribution is 2.29. The molecule has 3 rings (SSSR count). The standard InChI is InChI=1S/C18H18N2O5S/c1-19(11-13-7-3-5-9-15(13)25-2)17(21)12-20-18(22)14-8-4-6-10-16(14)26(20,23)24/h3-10H,11-12H2,1-2H3. The fourth-order valence-electron chi connectivity index (χ4n) is 2.81. The normalized spacial score (nSPS) is 14.8. The molecule has 0 spiro atoms. The Balaban J connectivity index is 1.77. The van der Waals surface area contributed by atoms with Gasteiger partial charge >= 0.3 is 0 Å². The van der Waals surface area contributed by atoms with E-state index in [2.05, 4.69) is 0 Å². The van der Waals surface area contributed by atoms with Gasteiger partial charge in [0, 0.05) is 19.2 Å². The molecule has 0 unspecified atom stereocenters. The Morgan fingerprint density at radius 2 is 1.77 bits per heavy atom. The van der Waals surface area contributed by atoms with E-state index < -0.39 is 28.4 Å². The van der Waals surface area contributed by atoms with Crippen LogP contribution in [0.5, 0.6) is 5.75 Å². The first-order chi connectivity index (χ1) is 12.4. The van der Waals surface area contributed by atoms with Crippen LogP contribution in [0.2, 0.25) is 0 Å². The Kier molecular flexibility index (Phi) is 4.69. The van der Waals surface area contributed by atoms with Gasteiger partial charge in [-0.05, 0) is 18.2 Å². The minimum absolute atomic E-state index is 0.0646. The van der Waals surface area contributed by atoms with E-state index in [4.69, 9.17) is 4.74 Å². The van der Waals surface area contributed by atoms with Crippen LogP contribution in [0, 0.1) is 0 Å². The maximum atomic E-state index is 12.5. The van der Waals surface area contributed by atoms with Crippen molar-refractivity contribution >= 4 is 21.8 Å². The number of benzene rings is 2. The molecule has 0 N–H and O–H groups in total. The molecule has 1 heterocycles. The first-order valence-electron chi connectivity index (χ1n) is 7.88. The third-order valence-electron chi connectivity index (χ3n) is 4.22. The summed E-state index contributed by atoms with van der Waals surface area (Å²) in [5.74, 6) is -0.537. The second kappa shape index (κ2) is 6.80. The summed E-state index contributed by atoms with van der Waals surface area (Å²) in [6.07, 6.45) is 0. The van der Waals surface area contributed by atoms with Crippen molar-refractivity contribution in [1.29, 1.82) is 0 Å². The lowest BCUT2D eigenvalue weighted by Crippen LogP contribution is -2.41. The number of hydrogen-bond donors (Lipinski definition) is 0. The number of amides is 2. The molecule has 1 aliphatic heterocycles. The van der Waals surface area contributed by atoms with Crippen LogP contribution < -0.4 is 4.74 Å². The molecule has 0 aromatic heterocycles. The first-order valence-corrected chi connectivity index (χ1v) is 9.32. The van der Waals surface area contributed by atoms with Crippen molar-refractivity contribution in [2.24, 2.45) is 0 Å². The summed E-state index contributed by atoms with van der Waals surface area (Å²) in [6.45, 7) is -0.306. The van der Waals surface area contributed by atoms with E-state index in [-0.39, 0.29) is 17.0 Å². The number of sulfonamides is 1. The van der Waals surface area contributed by atoms with Gasteiger partial charge in [-0.15, -0.1) is 0 Å². The first kappa shape index (κ1) is 17.9. The van der Waals surface area contributed by atoms with Crippen LogP contribution in [0.15, 0.2) is 53.4 Å². The number of likely N-dealkylation sites (N-methyl/N-ethyl adjacent to an activating group) is 1. The van der Waals surface area contributed by atoms with Crippen LogP contribution in [0.4, 0.5) is 0 Å². The predicted octanol–water partition coefficient (Wildman–Crippen LogP) is 1.50. The quantitative estimate of drug-likeness (QED) is 0.792. The van der Waals surface area contributed by atoms with Crippen molar-refractivity contribution in [3.8, 4) is 5.75 Å². The van der Waals surface area contributed by atoms with E-state index >= 15 is 0 Å². The molecule has 26 heavy (non-hydrogen) atoms. The number of ether oxygens (including phenoxy) is 1. The molecular weight excluding hydrogens is 356 g/mol. The number of nitrogens with zero attached hydrogens (tertiary/aromatic N) is 2. The number of methoxy groups -OCH3 is 1. The molecule has 2 aromatic rings. The van der Waals surface area contributed by atoms with E-state index in [0.29, 0.717) is 10.1 Å². The fourth-order valence-corrected chi connectivity index (χ4v) is 4.33. The van der Waals surface area contributed by atoms with E-state index in [1.807, 2.05) is 18.2 Å². The number of rotatable bonds is 5. The van der Waals surface area contributed by atoms with Gasteiger partial charge in [0.2, 0.25) is 5.91 Å². The molecule has 1 aliphatic rings. The second-order valence-corrected chi connectivity index (χ2v) is 7.71. The molecule has 0 saturated heterocycles. The Bertz CT molecular complexity index is 971. The fraction of sp³-hybridized carbons (Fsp3) is 0.222. The van der Waals surface area contributed by atoms with Gasteiger partial charge in [0.1, 0.15) is 17.2 Å². The van der Waals surface area contributed by atoms with Crippen molar-refractivity contribution in [3.05, 3.63) is 59.7 Å². The van der Waals surface area contributed by atoms with Gasteiger partial charge in [0.05, 0.1) is 12.7 Å². The van der Waals surface area contributed by atoms with E-state index in [9.17, 15) is 18.0 Å². The van der Waals surface area contributed by atoms with Crippen molar-refractivity contribution in [1.82, 2.24) is 9.21 Å². The number of hydrogen-bond acceptors (Lipinski definition) is 5. The van der Waals surface area contributed by atoms with Crippen molar-refractivity contribution < 1.29 is 22.7 Å². The maximum absolute atomic E-state index is 12.5. The molecule has 136 valence electrons. The van der Waals surface area contributed by atoms with Gasteiger partial charge in [-0.1, -0.05) is 30.3 Å². The number of fused-ring (bicyclic) bond motifs is 1. The predicted molar refractivity (Wildman–Crippen MR) is 94.1 cm³/mol. The largest absolute Gasteiger partial charge is 0.496 e. The summed E-state index contributed by atoms with van der Waals surface area (Å²) in [4.78, 5) is 26.2. The third-order valence-corrected chi connectivity index (χ3v) is 6.00. The van der Waals surface area contributed by atoms with Gasteiger partial charge < -0.3 is 9.64 Å². The minimum Gasteiger partial charge on any atom is -0.496 e. The van der Waals surface area contributed by atoms with E-state index in [1.165, 1.54) is 24.1 Å². The van der Waals surface area contributed by atoms with E-state index in [1.54, 1.807) is 25.2 Å². The molecule has 0 atom stereocenters. The lowest BCUT2D eigenvalue weighted by Gasteiger charge is -2.22. The average Bonchev–Trinajstić information content (AvgIpc) is 2.83. The summed E-state index contributed by atoms with van der Waals surface area (Å²) in [5, 5.41) is 0. The van der Waals surface area contributed by atoms with Gasteiger partial charge in [0.15, 0.2) is 0 Å². The summed E-state index contributed by atoms with van der Waals surface area (Å²) >= 11 is 0. The smallest absolute Gasteiger partial charge is 0.269 e. The molecule has 0 aliphatic carbocycles. The Morgan fingerprint density at radius 3 is 2.46 bits per heavy atom. The molecule has 2 amide bonds. The van der Waals surface area contributed by atoms with Crippen molar-refractivity contribution in [3.63, 3.8) is 0 Å². The zero-order valence-electron chi connectivity index (χ0n) is 14.4.